The molecule has 122 valence electrons. The summed E-state index contributed by atoms with van der Waals surface area (Å²) in [6.07, 6.45) is -4.70. The van der Waals surface area contributed by atoms with Crippen LogP contribution in [0, 0.1) is 0 Å². The zero-order chi connectivity index (χ0) is 17.2. The van der Waals surface area contributed by atoms with Gasteiger partial charge in [-0.1, -0.05) is 40.9 Å². The van der Waals surface area contributed by atoms with Gasteiger partial charge in [0.05, 0.1) is 17.0 Å². The van der Waals surface area contributed by atoms with E-state index in [0.29, 0.717) is 15.6 Å². The fraction of sp³-hybridized carbons (Fsp3) is 0.133. The lowest BCUT2D eigenvalue weighted by Gasteiger charge is -2.12. The van der Waals surface area contributed by atoms with Gasteiger partial charge in [0.25, 0.3) is 0 Å². The van der Waals surface area contributed by atoms with Gasteiger partial charge < -0.3 is 5.32 Å². The van der Waals surface area contributed by atoms with Crippen LogP contribution >= 0.6 is 34.8 Å². The number of halogens is 6. The van der Waals surface area contributed by atoms with Gasteiger partial charge in [0.2, 0.25) is 5.91 Å². The molecule has 1 N–H and O–H groups in total. The van der Waals surface area contributed by atoms with E-state index in [1.807, 2.05) is 0 Å². The number of anilines is 1. The van der Waals surface area contributed by atoms with Gasteiger partial charge >= 0.3 is 6.18 Å². The molecule has 0 unspecified atom stereocenters. The first-order valence-electron chi connectivity index (χ1n) is 6.27. The maximum atomic E-state index is 12.8. The molecule has 0 saturated heterocycles. The fourth-order valence-electron chi connectivity index (χ4n) is 1.86. The van der Waals surface area contributed by atoms with Crippen LogP contribution in [-0.2, 0) is 17.4 Å². The molecule has 2 aromatic carbocycles. The summed E-state index contributed by atoms with van der Waals surface area (Å²) in [4.78, 5) is 11.9. The Balaban J connectivity index is 2.14. The van der Waals surface area contributed by atoms with Gasteiger partial charge in [-0.15, -0.1) is 0 Å². The van der Waals surface area contributed by atoms with Crippen molar-refractivity contribution in [2.75, 3.05) is 5.32 Å². The Morgan fingerprint density at radius 2 is 1.70 bits per heavy atom. The zero-order valence-corrected chi connectivity index (χ0v) is 13.6. The minimum Gasteiger partial charge on any atom is -0.326 e. The predicted molar refractivity (Wildman–Crippen MR) is 85.2 cm³/mol. The van der Waals surface area contributed by atoms with Crippen molar-refractivity contribution in [1.29, 1.82) is 0 Å². The highest BCUT2D eigenvalue weighted by Gasteiger charge is 2.33. The Morgan fingerprint density at radius 3 is 2.30 bits per heavy atom. The highest BCUT2D eigenvalue weighted by Crippen LogP contribution is 2.36. The van der Waals surface area contributed by atoms with Crippen molar-refractivity contribution in [2.24, 2.45) is 0 Å². The van der Waals surface area contributed by atoms with E-state index in [1.54, 1.807) is 12.1 Å². The summed E-state index contributed by atoms with van der Waals surface area (Å²) >= 11 is 17.2. The van der Waals surface area contributed by atoms with Gasteiger partial charge in [0.1, 0.15) is 0 Å². The van der Waals surface area contributed by atoms with E-state index in [1.165, 1.54) is 12.1 Å². The number of hydrogen-bond donors (Lipinski definition) is 1. The first kappa shape index (κ1) is 17.9. The van der Waals surface area contributed by atoms with Crippen LogP contribution in [0.1, 0.15) is 11.1 Å². The summed E-state index contributed by atoms with van der Waals surface area (Å²) in [5.74, 6) is -0.510. The maximum Gasteiger partial charge on any atom is 0.417 e. The van der Waals surface area contributed by atoms with Crippen molar-refractivity contribution in [3.8, 4) is 0 Å². The molecule has 8 heteroatoms. The van der Waals surface area contributed by atoms with E-state index < -0.39 is 22.7 Å². The third-order valence-electron chi connectivity index (χ3n) is 2.92. The van der Waals surface area contributed by atoms with Gasteiger partial charge in [-0.3, -0.25) is 4.79 Å². The van der Waals surface area contributed by atoms with E-state index in [4.69, 9.17) is 34.8 Å². The molecule has 0 aliphatic heterocycles. The number of nitrogens with one attached hydrogen (secondary N) is 1. The van der Waals surface area contributed by atoms with E-state index >= 15 is 0 Å². The summed E-state index contributed by atoms with van der Waals surface area (Å²) in [5.41, 5.74) is -0.503. The average molecular weight is 383 g/mol. The lowest BCUT2D eigenvalue weighted by molar-refractivity contribution is -0.137. The quantitative estimate of drug-likeness (QED) is 0.709. The average Bonchev–Trinajstić information content (AvgIpc) is 2.43. The summed E-state index contributed by atoms with van der Waals surface area (Å²) in [5, 5.41) is 2.68. The summed E-state index contributed by atoms with van der Waals surface area (Å²) < 4.78 is 38.3. The SMILES string of the molecule is O=C(Cc1ccc(Cl)cc1Cl)Nc1ccc(Cl)c(C(F)(F)F)c1. The van der Waals surface area contributed by atoms with Crippen LogP contribution in [-0.4, -0.2) is 5.91 Å². The van der Waals surface area contributed by atoms with Crippen LogP contribution < -0.4 is 5.32 Å². The highest BCUT2D eigenvalue weighted by atomic mass is 35.5. The van der Waals surface area contributed by atoms with E-state index in [-0.39, 0.29) is 12.1 Å². The topological polar surface area (TPSA) is 29.1 Å². The van der Waals surface area contributed by atoms with Gasteiger partial charge in [-0.25, -0.2) is 0 Å². The normalized spacial score (nSPS) is 11.4. The second-order valence-corrected chi connectivity index (χ2v) is 5.90. The van der Waals surface area contributed by atoms with Gasteiger partial charge in [0.15, 0.2) is 0 Å². The molecule has 0 fully saturated rings. The Bertz CT molecular complexity index is 747. The van der Waals surface area contributed by atoms with Crippen molar-refractivity contribution in [3.63, 3.8) is 0 Å². The molecular weight excluding hydrogens is 374 g/mol. The minimum absolute atomic E-state index is 0.00295. The monoisotopic (exact) mass is 381 g/mol. The molecule has 0 bridgehead atoms. The number of benzene rings is 2. The van der Waals surface area contributed by atoms with Crippen LogP contribution in [0.15, 0.2) is 36.4 Å². The van der Waals surface area contributed by atoms with Gasteiger partial charge in [-0.2, -0.15) is 13.2 Å². The molecule has 2 rings (SSSR count). The molecule has 0 spiro atoms. The zero-order valence-electron chi connectivity index (χ0n) is 11.3. The van der Waals surface area contributed by atoms with Crippen molar-refractivity contribution in [3.05, 3.63) is 62.6 Å². The standard InChI is InChI=1S/C15H9Cl3F3NO/c16-9-2-1-8(13(18)6-9)5-14(23)22-10-3-4-12(17)11(7-10)15(19,20)21/h1-4,6-7H,5H2,(H,22,23). The number of carbonyl (C=O) groups is 1. The maximum absolute atomic E-state index is 12.8. The molecule has 0 atom stereocenters. The lowest BCUT2D eigenvalue weighted by atomic mass is 10.1. The van der Waals surface area contributed by atoms with E-state index in [9.17, 15) is 18.0 Å². The Labute approximate surface area is 145 Å². The molecule has 0 heterocycles. The summed E-state index contributed by atoms with van der Waals surface area (Å²) in [7, 11) is 0. The molecule has 0 aliphatic carbocycles. The number of rotatable bonds is 3. The Hall–Kier alpha value is -1.43. The van der Waals surface area contributed by atoms with Crippen molar-refractivity contribution in [2.45, 2.75) is 12.6 Å². The van der Waals surface area contributed by atoms with Crippen LogP contribution in [0.4, 0.5) is 18.9 Å². The molecule has 0 saturated carbocycles. The highest BCUT2D eigenvalue weighted by molar-refractivity contribution is 6.35. The first-order chi connectivity index (χ1) is 10.7. The lowest BCUT2D eigenvalue weighted by Crippen LogP contribution is -2.15. The second kappa shape index (κ2) is 6.99. The number of hydrogen-bond acceptors (Lipinski definition) is 1. The summed E-state index contributed by atoms with van der Waals surface area (Å²) in [6, 6.07) is 7.78. The van der Waals surface area contributed by atoms with Gasteiger partial charge in [-0.05, 0) is 35.9 Å². The van der Waals surface area contributed by atoms with Crippen LogP contribution in [0.3, 0.4) is 0 Å². The van der Waals surface area contributed by atoms with Crippen molar-refractivity contribution in [1.82, 2.24) is 0 Å². The molecule has 0 aliphatic rings. The Morgan fingerprint density at radius 1 is 1.00 bits per heavy atom. The molecule has 2 nitrogen and oxygen atoms in total. The van der Waals surface area contributed by atoms with Crippen LogP contribution in [0.2, 0.25) is 15.1 Å². The molecular formula is C15H9Cl3F3NO. The number of carbonyl (C=O) groups excluding carboxylic acids is 1. The third-order valence-corrected chi connectivity index (χ3v) is 3.84. The van der Waals surface area contributed by atoms with Crippen molar-refractivity contribution >= 4 is 46.4 Å². The third kappa shape index (κ3) is 4.77. The molecule has 1 amide bonds. The Kier molecular flexibility index (Phi) is 5.45. The molecule has 23 heavy (non-hydrogen) atoms. The van der Waals surface area contributed by atoms with Crippen LogP contribution in [0.5, 0.6) is 0 Å². The largest absolute Gasteiger partial charge is 0.417 e. The molecule has 0 aromatic heterocycles. The van der Waals surface area contributed by atoms with E-state index in [2.05, 4.69) is 5.32 Å². The number of alkyl halides is 3. The second-order valence-electron chi connectivity index (χ2n) is 4.65. The predicted octanol–water partition coefficient (Wildman–Crippen LogP) is 5.85. The first-order valence-corrected chi connectivity index (χ1v) is 7.41. The summed E-state index contributed by atoms with van der Waals surface area (Å²) in [6.45, 7) is 0. The fourth-order valence-corrected chi connectivity index (χ4v) is 2.56. The number of amides is 1. The van der Waals surface area contributed by atoms with E-state index in [0.717, 1.165) is 12.1 Å². The smallest absolute Gasteiger partial charge is 0.326 e. The van der Waals surface area contributed by atoms with Crippen LogP contribution in [0.25, 0.3) is 0 Å². The molecule has 0 radical (unpaired) electrons. The van der Waals surface area contributed by atoms with Gasteiger partial charge in [0, 0.05) is 15.7 Å². The molecule has 2 aromatic rings. The minimum atomic E-state index is -4.60. The van der Waals surface area contributed by atoms with Crippen molar-refractivity contribution < 1.29 is 18.0 Å².